The fourth-order valence-corrected chi connectivity index (χ4v) is 6.95. The molecule has 0 saturated carbocycles. The molecule has 0 N–H and O–H groups in total. The van der Waals surface area contributed by atoms with Crippen LogP contribution < -0.4 is 21.2 Å². The van der Waals surface area contributed by atoms with E-state index in [0.29, 0.717) is 0 Å². The van der Waals surface area contributed by atoms with Crippen LogP contribution in [-0.2, 0) is 15.9 Å². The molecule has 0 aliphatic heterocycles. The summed E-state index contributed by atoms with van der Waals surface area (Å²) in [5.74, 6) is 0. The van der Waals surface area contributed by atoms with E-state index >= 15 is 0 Å². The van der Waals surface area contributed by atoms with Crippen LogP contribution in [-0.4, -0.2) is 5.66 Å². The topological polar surface area (TPSA) is 0 Å². The van der Waals surface area contributed by atoms with Crippen molar-refractivity contribution in [3.8, 4) is 0 Å². The standard InChI is InChI=1S/C16H19P.C12H11P.2ClH.Pd/c1-3-14(2)17(15-10-6-4-7-11-15)16-12-8-5-9-13-16;1-3-7-11(8-4-1)13-12-9-5-2-6-10-12;;;/h4-14H,3H2,1-2H3;1-10,13H;2*1H;/q;;;;+2/p-2. The Morgan fingerprint density at radius 3 is 1.24 bits per heavy atom. The van der Waals surface area contributed by atoms with Crippen LogP contribution >= 0.6 is 35.6 Å². The molecule has 5 heteroatoms. The van der Waals surface area contributed by atoms with Gasteiger partial charge in [-0.2, -0.15) is 0 Å². The van der Waals surface area contributed by atoms with Gasteiger partial charge in [-0.3, -0.25) is 0 Å². The van der Waals surface area contributed by atoms with Crippen LogP contribution in [0.25, 0.3) is 0 Å². The molecular formula is C28H30Cl2P2Pd. The van der Waals surface area contributed by atoms with Crippen molar-refractivity contribution in [1.82, 2.24) is 0 Å². The van der Waals surface area contributed by atoms with Gasteiger partial charge in [-0.05, 0) is 41.2 Å². The van der Waals surface area contributed by atoms with Crippen molar-refractivity contribution in [3.63, 3.8) is 0 Å². The van der Waals surface area contributed by atoms with Gasteiger partial charge < -0.3 is 0 Å². The van der Waals surface area contributed by atoms with E-state index in [-0.39, 0.29) is 23.9 Å². The summed E-state index contributed by atoms with van der Waals surface area (Å²) < 4.78 is 0. The average molecular weight is 606 g/mol. The molecule has 0 aromatic heterocycles. The van der Waals surface area contributed by atoms with Gasteiger partial charge in [-0.15, -0.1) is 0 Å². The molecule has 1 atom stereocenters. The molecule has 0 saturated heterocycles. The van der Waals surface area contributed by atoms with Crippen LogP contribution in [0.15, 0.2) is 121 Å². The zero-order valence-corrected chi connectivity index (χ0v) is 23.8. The van der Waals surface area contributed by atoms with E-state index in [1.807, 2.05) is 0 Å². The molecular weight excluding hydrogens is 576 g/mol. The SMILES string of the molecule is CCC(C)P(c1ccccc1)c1ccccc1.[Cl][Pd][Cl].c1ccc(Pc2ccccc2)cc1. The van der Waals surface area contributed by atoms with Gasteiger partial charge in [0.25, 0.3) is 0 Å². The second-order valence-corrected chi connectivity index (χ2v) is 13.6. The predicted octanol–water partition coefficient (Wildman–Crippen LogP) is 7.61. The summed E-state index contributed by atoms with van der Waals surface area (Å²) in [5.41, 5.74) is 0.731. The molecule has 0 aliphatic rings. The van der Waals surface area contributed by atoms with Crippen molar-refractivity contribution >= 4 is 56.8 Å². The summed E-state index contributed by atoms with van der Waals surface area (Å²) in [6, 6.07) is 43.0. The van der Waals surface area contributed by atoms with Crippen LogP contribution in [0, 0.1) is 0 Å². The predicted molar refractivity (Wildman–Crippen MR) is 151 cm³/mol. The van der Waals surface area contributed by atoms with E-state index < -0.39 is 0 Å². The number of hydrogen-bond donors (Lipinski definition) is 0. The molecule has 1 unspecified atom stereocenters. The summed E-state index contributed by atoms with van der Waals surface area (Å²) in [5, 5.41) is 5.77. The normalized spacial score (nSPS) is 11.1. The second-order valence-electron chi connectivity index (χ2n) is 7.20. The second kappa shape index (κ2) is 17.4. The summed E-state index contributed by atoms with van der Waals surface area (Å²) >= 11 is -0.106. The Bertz CT molecular complexity index is 910. The molecule has 0 radical (unpaired) electrons. The van der Waals surface area contributed by atoms with Gasteiger partial charge in [-0.1, -0.05) is 144 Å². The molecule has 176 valence electrons. The van der Waals surface area contributed by atoms with E-state index in [4.69, 9.17) is 19.1 Å². The number of rotatable bonds is 6. The maximum absolute atomic E-state index is 4.81. The van der Waals surface area contributed by atoms with E-state index in [9.17, 15) is 0 Å². The van der Waals surface area contributed by atoms with E-state index in [0.717, 1.165) is 14.2 Å². The first-order valence-electron chi connectivity index (χ1n) is 10.8. The van der Waals surface area contributed by atoms with Gasteiger partial charge >= 0.3 is 35.0 Å². The third-order valence-corrected chi connectivity index (χ3v) is 9.14. The van der Waals surface area contributed by atoms with Gasteiger partial charge in [0.1, 0.15) is 0 Å². The summed E-state index contributed by atoms with van der Waals surface area (Å²) in [6.07, 6.45) is 1.23. The minimum Gasteiger partial charge on any atom is -0.0622 e. The minimum atomic E-state index is -0.212. The first-order chi connectivity index (χ1) is 16.2. The molecule has 0 nitrogen and oxygen atoms in total. The molecule has 0 fully saturated rings. The van der Waals surface area contributed by atoms with E-state index in [1.54, 1.807) is 0 Å². The average Bonchev–Trinajstić information content (AvgIpc) is 2.87. The first kappa shape index (κ1) is 28.2. The molecule has 4 aromatic carbocycles. The molecule has 4 rings (SSSR count). The molecule has 0 aliphatic carbocycles. The van der Waals surface area contributed by atoms with Crippen molar-refractivity contribution < 1.29 is 15.9 Å². The number of halogens is 2. The van der Waals surface area contributed by atoms with Crippen LogP contribution in [0.4, 0.5) is 0 Å². The van der Waals surface area contributed by atoms with Crippen molar-refractivity contribution in [2.45, 2.75) is 25.9 Å². The third-order valence-electron chi connectivity index (χ3n) is 4.94. The Balaban J connectivity index is 0.000000214. The zero-order chi connectivity index (χ0) is 23.7. The minimum absolute atomic E-state index is 0.106. The van der Waals surface area contributed by atoms with Crippen molar-refractivity contribution in [2.75, 3.05) is 0 Å². The zero-order valence-electron chi connectivity index (χ0n) is 18.9. The Hall–Kier alpha value is -1.02. The van der Waals surface area contributed by atoms with Gasteiger partial charge in [0.15, 0.2) is 0 Å². The van der Waals surface area contributed by atoms with Gasteiger partial charge in [-0.25, -0.2) is 0 Å². The fraction of sp³-hybridized carbons (Fsp3) is 0.143. The molecule has 0 heterocycles. The van der Waals surface area contributed by atoms with Crippen LogP contribution in [0.1, 0.15) is 20.3 Å². The van der Waals surface area contributed by atoms with Crippen molar-refractivity contribution in [2.24, 2.45) is 0 Å². The van der Waals surface area contributed by atoms with Gasteiger partial charge in [0.2, 0.25) is 0 Å². The molecule has 0 bridgehead atoms. The Morgan fingerprint density at radius 2 is 0.939 bits per heavy atom. The molecule has 0 spiro atoms. The van der Waals surface area contributed by atoms with E-state index in [1.165, 1.54) is 27.6 Å². The van der Waals surface area contributed by atoms with Gasteiger partial charge in [0, 0.05) is 0 Å². The summed E-state index contributed by atoms with van der Waals surface area (Å²) in [4.78, 5) is 0. The first-order valence-corrected chi connectivity index (χ1v) is 17.2. The Labute approximate surface area is 218 Å². The van der Waals surface area contributed by atoms with Crippen LogP contribution in [0.2, 0.25) is 0 Å². The molecule has 0 amide bonds. The fourth-order valence-electron chi connectivity index (χ4n) is 3.23. The Morgan fingerprint density at radius 1 is 0.636 bits per heavy atom. The van der Waals surface area contributed by atoms with Gasteiger partial charge in [0.05, 0.1) is 0 Å². The largest absolute Gasteiger partial charge is 0.0622 e. The van der Waals surface area contributed by atoms with Crippen LogP contribution in [0.5, 0.6) is 0 Å². The molecule has 33 heavy (non-hydrogen) atoms. The Kier molecular flexibility index (Phi) is 14.9. The maximum Gasteiger partial charge on any atom is -0.0226 e. The quantitative estimate of drug-likeness (QED) is 0.157. The molecule has 4 aromatic rings. The monoisotopic (exact) mass is 604 g/mol. The summed E-state index contributed by atoms with van der Waals surface area (Å²) in [7, 11) is 10.2. The third kappa shape index (κ3) is 10.8. The van der Waals surface area contributed by atoms with Crippen molar-refractivity contribution in [1.29, 1.82) is 0 Å². The van der Waals surface area contributed by atoms with E-state index in [2.05, 4.69) is 135 Å². The van der Waals surface area contributed by atoms with Crippen LogP contribution in [0.3, 0.4) is 0 Å². The maximum atomic E-state index is 4.81. The smallest absolute Gasteiger partial charge is 0.0226 e. The summed E-state index contributed by atoms with van der Waals surface area (Å²) in [6.45, 7) is 4.65. The number of hydrogen-bond acceptors (Lipinski definition) is 0. The van der Waals surface area contributed by atoms with Crippen molar-refractivity contribution in [3.05, 3.63) is 121 Å². The number of benzene rings is 4.